The Balaban J connectivity index is 1.61. The molecule has 3 aromatic carbocycles. The van der Waals surface area contributed by atoms with E-state index in [0.29, 0.717) is 23.0 Å². The molecule has 33 heavy (non-hydrogen) atoms. The molecular weight excluding hydrogens is 416 g/mol. The molecule has 0 fully saturated rings. The van der Waals surface area contributed by atoms with Gasteiger partial charge in [0.2, 0.25) is 0 Å². The van der Waals surface area contributed by atoms with Crippen LogP contribution in [-0.2, 0) is 19.5 Å². The van der Waals surface area contributed by atoms with E-state index in [1.54, 1.807) is 47.0 Å². The fraction of sp³-hybridized carbons (Fsp3) is 0.222. The Bertz CT molecular complexity index is 1370. The number of hydrogen-bond donors (Lipinski definition) is 1. The number of nitrogens with zero attached hydrogens (tertiary/aromatic N) is 2. The van der Waals surface area contributed by atoms with Crippen molar-refractivity contribution >= 4 is 16.7 Å². The van der Waals surface area contributed by atoms with E-state index in [2.05, 4.69) is 12.1 Å². The van der Waals surface area contributed by atoms with E-state index in [0.717, 1.165) is 24.8 Å². The highest BCUT2D eigenvalue weighted by Crippen LogP contribution is 2.12. The summed E-state index contributed by atoms with van der Waals surface area (Å²) in [6.45, 7) is 0.0924. The molecule has 0 saturated heterocycles. The number of rotatable bonds is 9. The number of unbranched alkanes of at least 4 members (excludes halogenated alkanes) is 1. The average molecular weight is 443 g/mol. The number of benzene rings is 3. The van der Waals surface area contributed by atoms with Crippen molar-refractivity contribution in [3.63, 3.8) is 0 Å². The SMILES string of the molecule is O=C(CO)c1ccc(Cn2c(=O)n(CCCCc3ccccc3)c(=O)c3ccccc32)cc1. The molecular formula is C27H26N2O4. The molecule has 0 saturated carbocycles. The quantitative estimate of drug-likeness (QED) is 0.318. The van der Waals surface area contributed by atoms with Crippen LogP contribution in [-0.4, -0.2) is 26.6 Å². The van der Waals surface area contributed by atoms with Crippen molar-refractivity contribution in [1.82, 2.24) is 9.13 Å². The number of carbonyl (C=O) groups is 1. The molecule has 168 valence electrons. The van der Waals surface area contributed by atoms with Crippen LogP contribution in [0.1, 0.15) is 34.3 Å². The number of aromatic nitrogens is 2. The minimum atomic E-state index is -0.543. The zero-order valence-corrected chi connectivity index (χ0v) is 18.3. The summed E-state index contributed by atoms with van der Waals surface area (Å²) in [5.41, 5.74) is 2.46. The summed E-state index contributed by atoms with van der Waals surface area (Å²) in [7, 11) is 0. The van der Waals surface area contributed by atoms with E-state index in [-0.39, 0.29) is 23.6 Å². The third-order valence-corrected chi connectivity index (χ3v) is 5.83. The zero-order chi connectivity index (χ0) is 23.2. The van der Waals surface area contributed by atoms with E-state index in [1.807, 2.05) is 24.3 Å². The van der Waals surface area contributed by atoms with Gasteiger partial charge in [-0.25, -0.2) is 4.79 Å². The maximum absolute atomic E-state index is 13.3. The van der Waals surface area contributed by atoms with E-state index in [4.69, 9.17) is 5.11 Å². The van der Waals surface area contributed by atoms with Gasteiger partial charge in [0.15, 0.2) is 5.78 Å². The normalized spacial score (nSPS) is 11.1. The van der Waals surface area contributed by atoms with Crippen LogP contribution in [0.4, 0.5) is 0 Å². The Hall–Kier alpha value is -3.77. The lowest BCUT2D eigenvalue weighted by Crippen LogP contribution is -2.40. The number of aliphatic hydroxyl groups is 1. The molecule has 1 heterocycles. The van der Waals surface area contributed by atoms with Gasteiger partial charge in [0.25, 0.3) is 5.56 Å². The number of aliphatic hydroxyl groups excluding tert-OH is 1. The molecule has 0 atom stereocenters. The molecule has 0 spiro atoms. The number of carbonyl (C=O) groups excluding carboxylic acids is 1. The molecule has 0 amide bonds. The van der Waals surface area contributed by atoms with Gasteiger partial charge >= 0.3 is 5.69 Å². The molecule has 0 aliphatic carbocycles. The minimum absolute atomic E-state index is 0.268. The van der Waals surface area contributed by atoms with E-state index < -0.39 is 6.61 Å². The third kappa shape index (κ3) is 5.02. The summed E-state index contributed by atoms with van der Waals surface area (Å²) < 4.78 is 2.94. The highest BCUT2D eigenvalue weighted by molar-refractivity contribution is 5.96. The topological polar surface area (TPSA) is 81.3 Å². The number of hydrogen-bond acceptors (Lipinski definition) is 4. The fourth-order valence-electron chi connectivity index (χ4n) is 4.03. The number of Topliss-reactive ketones (excluding diaryl/α,β-unsaturated/α-hetero) is 1. The van der Waals surface area contributed by atoms with Crippen LogP contribution in [0.5, 0.6) is 0 Å². The van der Waals surface area contributed by atoms with Gasteiger partial charge in [-0.15, -0.1) is 0 Å². The Kier molecular flexibility index (Phi) is 6.95. The fourth-order valence-corrected chi connectivity index (χ4v) is 4.03. The lowest BCUT2D eigenvalue weighted by Gasteiger charge is -2.14. The van der Waals surface area contributed by atoms with Gasteiger partial charge in [-0.2, -0.15) is 0 Å². The van der Waals surface area contributed by atoms with Crippen LogP contribution in [0, 0.1) is 0 Å². The predicted molar refractivity (Wildman–Crippen MR) is 129 cm³/mol. The molecule has 1 N–H and O–H groups in total. The molecule has 0 aliphatic heterocycles. The lowest BCUT2D eigenvalue weighted by molar-refractivity contribution is 0.0903. The van der Waals surface area contributed by atoms with Crippen LogP contribution in [0.15, 0.2) is 88.5 Å². The average Bonchev–Trinajstić information content (AvgIpc) is 2.86. The number of fused-ring (bicyclic) bond motifs is 1. The summed E-state index contributed by atoms with van der Waals surface area (Å²) in [4.78, 5) is 38.1. The number of aryl methyl sites for hydroxylation is 1. The monoisotopic (exact) mass is 442 g/mol. The maximum atomic E-state index is 13.3. The van der Waals surface area contributed by atoms with Crippen molar-refractivity contribution < 1.29 is 9.90 Å². The Morgan fingerprint density at radius 2 is 1.45 bits per heavy atom. The van der Waals surface area contributed by atoms with Crippen LogP contribution in [0.3, 0.4) is 0 Å². The molecule has 0 bridgehead atoms. The second-order valence-corrected chi connectivity index (χ2v) is 8.06. The minimum Gasteiger partial charge on any atom is -0.388 e. The van der Waals surface area contributed by atoms with Crippen molar-refractivity contribution in [2.45, 2.75) is 32.4 Å². The number of para-hydroxylation sites is 1. The van der Waals surface area contributed by atoms with Gasteiger partial charge in [0.1, 0.15) is 6.61 Å². The van der Waals surface area contributed by atoms with Crippen molar-refractivity contribution in [2.24, 2.45) is 0 Å². The largest absolute Gasteiger partial charge is 0.388 e. The Labute approximate surface area is 191 Å². The molecule has 6 nitrogen and oxygen atoms in total. The second kappa shape index (κ2) is 10.2. The molecule has 6 heteroatoms. The van der Waals surface area contributed by atoms with Crippen LogP contribution in [0.25, 0.3) is 10.9 Å². The van der Waals surface area contributed by atoms with E-state index in [9.17, 15) is 14.4 Å². The van der Waals surface area contributed by atoms with E-state index >= 15 is 0 Å². The van der Waals surface area contributed by atoms with Gasteiger partial charge in [0, 0.05) is 12.1 Å². The lowest BCUT2D eigenvalue weighted by atomic mass is 10.1. The first kappa shape index (κ1) is 22.4. The van der Waals surface area contributed by atoms with E-state index in [1.165, 1.54) is 10.1 Å². The van der Waals surface area contributed by atoms with Crippen molar-refractivity contribution in [2.75, 3.05) is 6.61 Å². The van der Waals surface area contributed by atoms with Crippen molar-refractivity contribution in [3.05, 3.63) is 116 Å². The van der Waals surface area contributed by atoms with Crippen LogP contribution >= 0.6 is 0 Å². The van der Waals surface area contributed by atoms with Gasteiger partial charge in [0.05, 0.1) is 17.4 Å². The summed E-state index contributed by atoms with van der Waals surface area (Å²) in [5.74, 6) is -0.354. The van der Waals surface area contributed by atoms with Gasteiger partial charge in [-0.1, -0.05) is 66.7 Å². The first-order chi connectivity index (χ1) is 16.1. The highest BCUT2D eigenvalue weighted by atomic mass is 16.3. The van der Waals surface area contributed by atoms with Gasteiger partial charge < -0.3 is 5.11 Å². The van der Waals surface area contributed by atoms with Crippen LogP contribution in [0.2, 0.25) is 0 Å². The maximum Gasteiger partial charge on any atom is 0.331 e. The first-order valence-electron chi connectivity index (χ1n) is 11.1. The standard InChI is InChI=1S/C27H26N2O4/c30-19-25(31)22-15-13-21(14-16-22)18-29-24-12-5-4-11-23(24)26(32)28(27(29)33)17-7-6-10-20-8-2-1-3-9-20/h1-5,8-9,11-16,30H,6-7,10,17-19H2. The smallest absolute Gasteiger partial charge is 0.331 e. The second-order valence-electron chi connectivity index (χ2n) is 8.06. The molecule has 4 rings (SSSR count). The van der Waals surface area contributed by atoms with Gasteiger partial charge in [-0.3, -0.25) is 18.7 Å². The molecule has 1 aromatic heterocycles. The van der Waals surface area contributed by atoms with Gasteiger partial charge in [-0.05, 0) is 42.5 Å². The molecule has 0 aliphatic rings. The first-order valence-corrected chi connectivity index (χ1v) is 11.1. The summed E-state index contributed by atoms with van der Waals surface area (Å²) >= 11 is 0. The number of ketones is 1. The molecule has 0 unspecified atom stereocenters. The zero-order valence-electron chi connectivity index (χ0n) is 18.3. The summed E-state index contributed by atoms with van der Waals surface area (Å²) in [5, 5.41) is 9.54. The molecule has 0 radical (unpaired) electrons. The third-order valence-electron chi connectivity index (χ3n) is 5.83. The Morgan fingerprint density at radius 1 is 0.758 bits per heavy atom. The summed E-state index contributed by atoms with van der Waals surface area (Å²) in [6, 6.07) is 24.1. The Morgan fingerprint density at radius 3 is 2.18 bits per heavy atom. The van der Waals surface area contributed by atoms with Crippen LogP contribution < -0.4 is 11.2 Å². The highest BCUT2D eigenvalue weighted by Gasteiger charge is 2.13. The predicted octanol–water partition coefficient (Wildman–Crippen LogP) is 3.41. The molecule has 4 aromatic rings. The summed E-state index contributed by atoms with van der Waals surface area (Å²) in [6.07, 6.45) is 2.50. The van der Waals surface area contributed by atoms with Crippen molar-refractivity contribution in [3.8, 4) is 0 Å². The van der Waals surface area contributed by atoms with Crippen molar-refractivity contribution in [1.29, 1.82) is 0 Å².